The average Bonchev–Trinajstić information content (AvgIpc) is 2.88. The first kappa shape index (κ1) is 10.7. The molecule has 0 aliphatic carbocycles. The Hall–Kier alpha value is -0.820. The molecule has 80 valence electrons. The largest absolute Gasteiger partial charge is 0.325 e. The van der Waals surface area contributed by atoms with Crippen LogP contribution in [0.4, 0.5) is 0 Å². The van der Waals surface area contributed by atoms with Crippen LogP contribution in [0.15, 0.2) is 17.1 Å². The predicted octanol–water partition coefficient (Wildman–Crippen LogP) is 1.35. The van der Waals surface area contributed by atoms with Crippen molar-refractivity contribution in [3.8, 4) is 0 Å². The van der Waals surface area contributed by atoms with Gasteiger partial charge in [-0.1, -0.05) is 0 Å². The van der Waals surface area contributed by atoms with Crippen LogP contribution in [0.25, 0.3) is 0 Å². The molecule has 0 saturated carbocycles. The Morgan fingerprint density at radius 1 is 1.33 bits per heavy atom. The van der Waals surface area contributed by atoms with Crippen LogP contribution >= 0.6 is 22.7 Å². The topological polar surface area (TPSA) is 63.8 Å². The summed E-state index contributed by atoms with van der Waals surface area (Å²) in [4.78, 5) is 9.62. The van der Waals surface area contributed by atoms with Crippen molar-refractivity contribution in [2.45, 2.75) is 19.6 Å². The molecule has 15 heavy (non-hydrogen) atoms. The smallest absolute Gasteiger partial charge is 0.106 e. The molecular weight excluding hydrogens is 228 g/mol. The first-order valence-corrected chi connectivity index (χ1v) is 6.36. The van der Waals surface area contributed by atoms with E-state index in [4.69, 9.17) is 5.73 Å². The van der Waals surface area contributed by atoms with Gasteiger partial charge in [0.1, 0.15) is 5.01 Å². The maximum absolute atomic E-state index is 5.49. The summed E-state index contributed by atoms with van der Waals surface area (Å²) >= 11 is 3.27. The molecule has 0 radical (unpaired) electrons. The molecule has 0 aromatic carbocycles. The van der Waals surface area contributed by atoms with E-state index in [1.54, 1.807) is 22.7 Å². The summed E-state index contributed by atoms with van der Waals surface area (Å²) in [5.41, 5.74) is 8.39. The summed E-state index contributed by atoms with van der Waals surface area (Å²) in [5, 5.41) is 6.35. The highest BCUT2D eigenvalue weighted by Crippen LogP contribution is 2.09. The van der Waals surface area contributed by atoms with Gasteiger partial charge in [0.2, 0.25) is 0 Å². The lowest BCUT2D eigenvalue weighted by Gasteiger charge is -1.98. The number of nitrogens with two attached hydrogens (primary N) is 1. The van der Waals surface area contributed by atoms with E-state index >= 15 is 0 Å². The van der Waals surface area contributed by atoms with Gasteiger partial charge in [0.15, 0.2) is 0 Å². The van der Waals surface area contributed by atoms with Crippen molar-refractivity contribution in [3.63, 3.8) is 0 Å². The molecule has 2 aromatic rings. The molecule has 0 spiro atoms. The van der Waals surface area contributed by atoms with Gasteiger partial charge in [-0.25, -0.2) is 4.98 Å². The quantitative estimate of drug-likeness (QED) is 0.828. The predicted molar refractivity (Wildman–Crippen MR) is 62.7 cm³/mol. The van der Waals surface area contributed by atoms with Crippen molar-refractivity contribution in [1.82, 2.24) is 15.3 Å². The standard InChI is InChI=1S/C9H12N4S2/c10-1-9-13-7(5-14-9)2-11-3-8-4-12-6-15-8/h4-6,11H,1-3,10H2. The van der Waals surface area contributed by atoms with E-state index in [0.29, 0.717) is 6.54 Å². The summed E-state index contributed by atoms with van der Waals surface area (Å²) in [5.74, 6) is 0. The zero-order valence-corrected chi connectivity index (χ0v) is 9.77. The number of thiazole rings is 2. The molecule has 4 nitrogen and oxygen atoms in total. The highest BCUT2D eigenvalue weighted by atomic mass is 32.1. The molecule has 0 atom stereocenters. The summed E-state index contributed by atoms with van der Waals surface area (Å²) < 4.78 is 0. The molecule has 0 aliphatic rings. The minimum absolute atomic E-state index is 0.527. The lowest BCUT2D eigenvalue weighted by atomic mass is 10.4. The Kier molecular flexibility index (Phi) is 3.79. The third-order valence-electron chi connectivity index (χ3n) is 1.86. The van der Waals surface area contributed by atoms with Crippen molar-refractivity contribution in [1.29, 1.82) is 0 Å². The molecule has 0 amide bonds. The van der Waals surface area contributed by atoms with Crippen molar-refractivity contribution in [3.05, 3.63) is 32.7 Å². The second-order valence-electron chi connectivity index (χ2n) is 3.01. The first-order valence-electron chi connectivity index (χ1n) is 4.60. The fourth-order valence-corrected chi connectivity index (χ4v) is 2.41. The van der Waals surface area contributed by atoms with Crippen LogP contribution in [-0.2, 0) is 19.6 Å². The van der Waals surface area contributed by atoms with Gasteiger partial charge in [-0.3, -0.25) is 4.98 Å². The third-order valence-corrected chi connectivity index (χ3v) is 3.56. The SMILES string of the molecule is NCc1nc(CNCc2cncs2)cs1. The highest BCUT2D eigenvalue weighted by molar-refractivity contribution is 7.09. The van der Waals surface area contributed by atoms with Gasteiger partial charge in [-0.15, -0.1) is 22.7 Å². The molecule has 0 fully saturated rings. The van der Waals surface area contributed by atoms with Gasteiger partial charge in [-0.05, 0) is 0 Å². The number of nitrogens with one attached hydrogen (secondary N) is 1. The highest BCUT2D eigenvalue weighted by Gasteiger charge is 2.00. The van der Waals surface area contributed by atoms with Crippen LogP contribution in [0.2, 0.25) is 0 Å². The van der Waals surface area contributed by atoms with Gasteiger partial charge in [0.25, 0.3) is 0 Å². The summed E-state index contributed by atoms with van der Waals surface area (Å²) in [6.07, 6.45) is 1.88. The molecule has 2 rings (SSSR count). The van der Waals surface area contributed by atoms with Gasteiger partial charge in [0, 0.05) is 36.1 Å². The molecule has 0 saturated heterocycles. The van der Waals surface area contributed by atoms with Gasteiger partial charge >= 0.3 is 0 Å². The molecule has 0 aliphatic heterocycles. The Morgan fingerprint density at radius 3 is 2.93 bits per heavy atom. The second-order valence-corrected chi connectivity index (χ2v) is 4.92. The van der Waals surface area contributed by atoms with E-state index < -0.39 is 0 Å². The normalized spacial score (nSPS) is 10.7. The van der Waals surface area contributed by atoms with E-state index in [2.05, 4.69) is 15.3 Å². The molecule has 2 aromatic heterocycles. The Bertz CT molecular complexity index is 396. The zero-order valence-electron chi connectivity index (χ0n) is 8.14. The fourth-order valence-electron chi connectivity index (χ4n) is 1.17. The van der Waals surface area contributed by atoms with Crippen LogP contribution in [0.1, 0.15) is 15.6 Å². The molecule has 0 unspecified atom stereocenters. The monoisotopic (exact) mass is 240 g/mol. The maximum atomic E-state index is 5.49. The molecular formula is C9H12N4S2. The lowest BCUT2D eigenvalue weighted by Crippen LogP contribution is -2.12. The van der Waals surface area contributed by atoms with Gasteiger partial charge in [0.05, 0.1) is 11.2 Å². The molecule has 3 N–H and O–H groups in total. The molecule has 0 bridgehead atoms. The van der Waals surface area contributed by atoms with Gasteiger partial charge in [-0.2, -0.15) is 0 Å². The first-order chi connectivity index (χ1) is 7.38. The lowest BCUT2D eigenvalue weighted by molar-refractivity contribution is 0.686. The minimum atomic E-state index is 0.527. The van der Waals surface area contributed by atoms with Crippen molar-refractivity contribution in [2.24, 2.45) is 5.73 Å². The van der Waals surface area contributed by atoms with E-state index in [0.717, 1.165) is 23.8 Å². The Balaban J connectivity index is 1.78. The fraction of sp³-hybridized carbons (Fsp3) is 0.333. The number of hydrogen-bond donors (Lipinski definition) is 2. The average molecular weight is 240 g/mol. The van der Waals surface area contributed by atoms with Crippen molar-refractivity contribution in [2.75, 3.05) is 0 Å². The third kappa shape index (κ3) is 3.07. The van der Waals surface area contributed by atoms with Gasteiger partial charge < -0.3 is 11.1 Å². The maximum Gasteiger partial charge on any atom is 0.106 e. The van der Waals surface area contributed by atoms with Crippen LogP contribution in [0, 0.1) is 0 Å². The zero-order chi connectivity index (χ0) is 10.5. The molecule has 6 heteroatoms. The van der Waals surface area contributed by atoms with Crippen molar-refractivity contribution >= 4 is 22.7 Å². The van der Waals surface area contributed by atoms with Crippen LogP contribution in [0.5, 0.6) is 0 Å². The number of aromatic nitrogens is 2. The summed E-state index contributed by atoms with van der Waals surface area (Å²) in [6.45, 7) is 2.16. The number of rotatable bonds is 5. The summed E-state index contributed by atoms with van der Waals surface area (Å²) in [7, 11) is 0. The Labute approximate surface area is 96.2 Å². The van der Waals surface area contributed by atoms with Crippen LogP contribution < -0.4 is 11.1 Å². The second kappa shape index (κ2) is 5.32. The molecule has 2 heterocycles. The summed E-state index contributed by atoms with van der Waals surface area (Å²) in [6, 6.07) is 0. The Morgan fingerprint density at radius 2 is 2.27 bits per heavy atom. The van der Waals surface area contributed by atoms with E-state index in [1.807, 2.05) is 17.1 Å². The van der Waals surface area contributed by atoms with E-state index in [-0.39, 0.29) is 0 Å². The van der Waals surface area contributed by atoms with E-state index in [1.165, 1.54) is 4.88 Å². The number of hydrogen-bond acceptors (Lipinski definition) is 6. The van der Waals surface area contributed by atoms with Crippen LogP contribution in [-0.4, -0.2) is 9.97 Å². The number of nitrogens with zero attached hydrogens (tertiary/aromatic N) is 2. The van der Waals surface area contributed by atoms with Crippen molar-refractivity contribution < 1.29 is 0 Å². The minimum Gasteiger partial charge on any atom is -0.325 e. The van der Waals surface area contributed by atoms with Crippen LogP contribution in [0.3, 0.4) is 0 Å². The van der Waals surface area contributed by atoms with E-state index in [9.17, 15) is 0 Å².